The van der Waals surface area contributed by atoms with E-state index in [0.717, 1.165) is 4.57 Å². The molecule has 1 fully saturated rings. The first-order valence-electron chi connectivity index (χ1n) is 12.6. The topological polar surface area (TPSA) is 126 Å². The molecule has 2 heterocycles. The molecule has 10 nitrogen and oxygen atoms in total. The number of aromatic nitrogens is 2. The molecule has 1 aliphatic rings. The monoisotopic (exact) mass is 557 g/mol. The Morgan fingerprint density at radius 1 is 0.829 bits per heavy atom. The molecule has 1 saturated heterocycles. The summed E-state index contributed by atoms with van der Waals surface area (Å²) in [5.74, 6) is -2.03. The van der Waals surface area contributed by atoms with E-state index in [4.69, 9.17) is 14.2 Å². The molecule has 5 rings (SSSR count). The highest BCUT2D eigenvalue weighted by molar-refractivity contribution is 6.03. The summed E-state index contributed by atoms with van der Waals surface area (Å²) >= 11 is 0. The zero-order valence-electron chi connectivity index (χ0n) is 21.5. The van der Waals surface area contributed by atoms with Gasteiger partial charge in [0, 0.05) is 11.8 Å². The van der Waals surface area contributed by atoms with Crippen LogP contribution in [0.4, 0.5) is 10.2 Å². The van der Waals surface area contributed by atoms with Gasteiger partial charge in [-0.15, -0.1) is 0 Å². The standard InChI is InChI=1S/C30H24FN3O7/c31-24-25(41-29(37)21-14-8-3-9-15-21)22(18-39-28(36)20-12-6-2-7-13-20)40-27(24)34-17-16-23(33-30(34)38)32-26(35)19-10-4-1-5-11-19/h1-17,22,24-25,27H,18H2,(H,32,33,35,38). The minimum atomic E-state index is -2.02. The highest BCUT2D eigenvalue weighted by Crippen LogP contribution is 2.34. The molecule has 1 amide bonds. The highest BCUT2D eigenvalue weighted by atomic mass is 19.1. The number of carbonyl (C=O) groups excluding carboxylic acids is 3. The third-order valence-corrected chi connectivity index (χ3v) is 6.29. The van der Waals surface area contributed by atoms with Crippen LogP contribution in [-0.2, 0) is 14.2 Å². The van der Waals surface area contributed by atoms with Gasteiger partial charge in [-0.25, -0.2) is 18.8 Å². The number of rotatable bonds is 8. The molecule has 4 aromatic rings. The third kappa shape index (κ3) is 6.36. The molecule has 0 saturated carbocycles. The Labute approximate surface area is 233 Å². The molecule has 11 heteroatoms. The molecule has 1 aromatic heterocycles. The fourth-order valence-electron chi connectivity index (χ4n) is 4.23. The van der Waals surface area contributed by atoms with Gasteiger partial charge in [0.15, 0.2) is 18.5 Å². The van der Waals surface area contributed by atoms with Crippen molar-refractivity contribution in [3.63, 3.8) is 0 Å². The lowest BCUT2D eigenvalue weighted by Crippen LogP contribution is -2.37. The lowest BCUT2D eigenvalue weighted by atomic mass is 10.1. The predicted molar refractivity (Wildman–Crippen MR) is 144 cm³/mol. The van der Waals surface area contributed by atoms with Gasteiger partial charge < -0.3 is 19.5 Å². The number of alkyl halides is 1. The predicted octanol–water partition coefficient (Wildman–Crippen LogP) is 3.81. The Bertz CT molecular complexity index is 1580. The van der Waals surface area contributed by atoms with Crippen molar-refractivity contribution in [1.29, 1.82) is 0 Å². The number of hydrogen-bond acceptors (Lipinski definition) is 8. The molecule has 0 spiro atoms. The van der Waals surface area contributed by atoms with Gasteiger partial charge in [0.05, 0.1) is 11.1 Å². The number of carbonyl (C=O) groups is 3. The van der Waals surface area contributed by atoms with Gasteiger partial charge in [0.1, 0.15) is 18.5 Å². The summed E-state index contributed by atoms with van der Waals surface area (Å²) in [5, 5.41) is 2.51. The number of benzene rings is 3. The number of hydrogen-bond donors (Lipinski definition) is 1. The zero-order chi connectivity index (χ0) is 28.8. The van der Waals surface area contributed by atoms with Gasteiger partial charge in [-0.05, 0) is 42.5 Å². The molecule has 0 aliphatic carbocycles. The van der Waals surface area contributed by atoms with Crippen LogP contribution in [0.1, 0.15) is 37.3 Å². The van der Waals surface area contributed by atoms with E-state index >= 15 is 4.39 Å². The van der Waals surface area contributed by atoms with Crippen molar-refractivity contribution in [2.24, 2.45) is 0 Å². The summed E-state index contributed by atoms with van der Waals surface area (Å²) in [6, 6.07) is 25.8. The number of esters is 2. The highest BCUT2D eigenvalue weighted by Gasteiger charge is 2.49. The number of halogens is 1. The fourth-order valence-corrected chi connectivity index (χ4v) is 4.23. The van der Waals surface area contributed by atoms with Gasteiger partial charge in [-0.1, -0.05) is 54.6 Å². The molecule has 208 valence electrons. The van der Waals surface area contributed by atoms with E-state index in [2.05, 4.69) is 10.3 Å². The molecule has 41 heavy (non-hydrogen) atoms. The second-order valence-electron chi connectivity index (χ2n) is 9.03. The molecule has 3 aromatic carbocycles. The quantitative estimate of drug-likeness (QED) is 0.324. The lowest BCUT2D eigenvalue weighted by molar-refractivity contribution is -0.0591. The van der Waals surface area contributed by atoms with E-state index in [0.29, 0.717) is 5.56 Å². The van der Waals surface area contributed by atoms with E-state index < -0.39 is 54.7 Å². The van der Waals surface area contributed by atoms with Crippen molar-refractivity contribution < 1.29 is 33.0 Å². The van der Waals surface area contributed by atoms with Gasteiger partial charge in [-0.2, -0.15) is 4.98 Å². The zero-order valence-corrected chi connectivity index (χ0v) is 21.5. The summed E-state index contributed by atoms with van der Waals surface area (Å²) in [4.78, 5) is 54.3. The summed E-state index contributed by atoms with van der Waals surface area (Å²) in [6.45, 7) is -0.454. The van der Waals surface area contributed by atoms with Crippen LogP contribution < -0.4 is 11.0 Å². The van der Waals surface area contributed by atoms with E-state index in [1.165, 1.54) is 24.4 Å². The minimum absolute atomic E-state index is 0.0473. The third-order valence-electron chi connectivity index (χ3n) is 6.29. The van der Waals surface area contributed by atoms with Crippen molar-refractivity contribution in [1.82, 2.24) is 9.55 Å². The van der Waals surface area contributed by atoms with Crippen molar-refractivity contribution in [2.75, 3.05) is 11.9 Å². The van der Waals surface area contributed by atoms with Crippen LogP contribution in [0.15, 0.2) is 108 Å². The number of anilines is 1. The van der Waals surface area contributed by atoms with Gasteiger partial charge >= 0.3 is 17.6 Å². The Morgan fingerprint density at radius 3 is 1.98 bits per heavy atom. The van der Waals surface area contributed by atoms with E-state index in [-0.39, 0.29) is 16.9 Å². The maximum absolute atomic E-state index is 15.8. The van der Waals surface area contributed by atoms with E-state index in [1.807, 2.05) is 0 Å². The van der Waals surface area contributed by atoms with Crippen molar-refractivity contribution in [2.45, 2.75) is 24.6 Å². The Balaban J connectivity index is 1.34. The van der Waals surface area contributed by atoms with Gasteiger partial charge in [-0.3, -0.25) is 9.36 Å². The van der Waals surface area contributed by atoms with Gasteiger partial charge in [0.2, 0.25) is 0 Å². The minimum Gasteiger partial charge on any atom is -0.459 e. The number of ether oxygens (including phenoxy) is 3. The molecule has 1 aliphatic heterocycles. The number of amides is 1. The van der Waals surface area contributed by atoms with E-state index in [9.17, 15) is 19.2 Å². The summed E-state index contributed by atoms with van der Waals surface area (Å²) in [5.41, 5.74) is -0.110. The summed E-state index contributed by atoms with van der Waals surface area (Å²) < 4.78 is 33.3. The molecule has 4 unspecified atom stereocenters. The normalized spacial score (nSPS) is 19.7. The van der Waals surface area contributed by atoms with E-state index in [1.54, 1.807) is 78.9 Å². The van der Waals surface area contributed by atoms with Crippen LogP contribution >= 0.6 is 0 Å². The number of nitrogens with zero attached hydrogens (tertiary/aromatic N) is 2. The molecule has 0 bridgehead atoms. The van der Waals surface area contributed by atoms with Crippen LogP contribution in [0, 0.1) is 0 Å². The van der Waals surface area contributed by atoms with Crippen LogP contribution in [0.25, 0.3) is 0 Å². The first-order chi connectivity index (χ1) is 19.9. The van der Waals surface area contributed by atoms with Crippen LogP contribution in [0.5, 0.6) is 0 Å². The average molecular weight is 558 g/mol. The van der Waals surface area contributed by atoms with Crippen LogP contribution in [-0.4, -0.2) is 52.4 Å². The van der Waals surface area contributed by atoms with Crippen LogP contribution in [0.2, 0.25) is 0 Å². The Morgan fingerprint density at radius 2 is 1.39 bits per heavy atom. The maximum atomic E-state index is 15.8. The van der Waals surface area contributed by atoms with Crippen molar-refractivity contribution >= 4 is 23.7 Å². The molecular formula is C30H24FN3O7. The number of nitrogens with one attached hydrogen (secondary N) is 1. The Hall–Kier alpha value is -5.16. The fraction of sp³-hybridized carbons (Fsp3) is 0.167. The Kier molecular flexibility index (Phi) is 8.26. The SMILES string of the molecule is O=C(Nc1ccn(C2OC(COC(=O)c3ccccc3)C(OC(=O)c3ccccc3)C2F)c(=O)n1)c1ccccc1. The largest absolute Gasteiger partial charge is 0.459 e. The van der Waals surface area contributed by atoms with Crippen molar-refractivity contribution in [3.8, 4) is 0 Å². The van der Waals surface area contributed by atoms with Crippen molar-refractivity contribution in [3.05, 3.63) is 130 Å². The summed E-state index contributed by atoms with van der Waals surface area (Å²) in [6.07, 6.45) is -5.11. The molecule has 4 atom stereocenters. The van der Waals surface area contributed by atoms with Crippen LogP contribution in [0.3, 0.4) is 0 Å². The molecular weight excluding hydrogens is 533 g/mol. The maximum Gasteiger partial charge on any atom is 0.351 e. The molecule has 0 radical (unpaired) electrons. The smallest absolute Gasteiger partial charge is 0.351 e. The average Bonchev–Trinajstić information content (AvgIpc) is 3.31. The first-order valence-corrected chi connectivity index (χ1v) is 12.6. The lowest BCUT2D eigenvalue weighted by Gasteiger charge is -2.19. The molecule has 1 N–H and O–H groups in total. The first kappa shape index (κ1) is 27.4. The summed E-state index contributed by atoms with van der Waals surface area (Å²) in [7, 11) is 0. The second-order valence-corrected chi connectivity index (χ2v) is 9.03. The second kappa shape index (κ2) is 12.3. The van der Waals surface area contributed by atoms with Gasteiger partial charge in [0.25, 0.3) is 5.91 Å².